The molecule has 3 nitrogen and oxygen atoms in total. The second-order valence-electron chi connectivity index (χ2n) is 1.96. The van der Waals surface area contributed by atoms with Crippen LogP contribution in [0.4, 0.5) is 0 Å². The van der Waals surface area contributed by atoms with E-state index in [1.165, 1.54) is 5.82 Å². The Morgan fingerprint density at radius 3 is 2.82 bits per heavy atom. The largest absolute Gasteiger partial charge is 0.326 e. The van der Waals surface area contributed by atoms with Crippen LogP contribution in [0.5, 0.6) is 0 Å². The normalized spacial score (nSPS) is 14.9. The fourth-order valence-corrected chi connectivity index (χ4v) is 1.90. The first kappa shape index (κ1) is 10.4. The molecule has 0 spiro atoms. The summed E-state index contributed by atoms with van der Waals surface area (Å²) in [6.45, 7) is 5.57. The molecule has 0 heterocycles. The maximum atomic E-state index is 11.4. The van der Waals surface area contributed by atoms with Crippen LogP contribution < -0.4 is 0 Å². The maximum Gasteiger partial charge on any atom is 0.225 e. The Balaban J connectivity index is 4.02. The number of rotatable bonds is 5. The van der Waals surface area contributed by atoms with Gasteiger partial charge in [0.2, 0.25) is 7.37 Å². The van der Waals surface area contributed by atoms with Gasteiger partial charge in [0.25, 0.3) is 0 Å². The number of hydrogen-bond acceptors (Lipinski definition) is 3. The number of nitriles is 1. The summed E-state index contributed by atoms with van der Waals surface area (Å²) in [5, 5.41) is 8.23. The van der Waals surface area contributed by atoms with Crippen molar-refractivity contribution in [3.8, 4) is 6.07 Å². The zero-order chi connectivity index (χ0) is 8.74. The number of hydrogen-bond donors (Lipinski definition) is 0. The molecule has 0 aromatic carbocycles. The molecule has 0 saturated carbocycles. The van der Waals surface area contributed by atoms with Gasteiger partial charge in [0.05, 0.1) is 12.7 Å². The molecule has 0 saturated heterocycles. The minimum Gasteiger partial charge on any atom is -0.326 e. The minimum atomic E-state index is -2.68. The predicted molar refractivity (Wildman–Crippen MR) is 44.5 cm³/mol. The van der Waals surface area contributed by atoms with Crippen molar-refractivity contribution in [2.24, 2.45) is 0 Å². The molecule has 0 radical (unpaired) electrons. The molecule has 1 atom stereocenters. The molecule has 0 aromatic heterocycles. The van der Waals surface area contributed by atoms with Gasteiger partial charge in [0.15, 0.2) is 0 Å². The van der Waals surface area contributed by atoms with Crippen LogP contribution in [-0.4, -0.2) is 12.8 Å². The highest BCUT2D eigenvalue weighted by Gasteiger charge is 2.16. The predicted octanol–water partition coefficient (Wildman–Crippen LogP) is 2.36. The second-order valence-corrected chi connectivity index (χ2v) is 4.48. The van der Waals surface area contributed by atoms with Crippen LogP contribution in [0.3, 0.4) is 0 Å². The van der Waals surface area contributed by atoms with E-state index in [2.05, 4.69) is 6.58 Å². The van der Waals surface area contributed by atoms with Crippen LogP contribution in [0, 0.1) is 11.3 Å². The van der Waals surface area contributed by atoms with E-state index >= 15 is 0 Å². The lowest BCUT2D eigenvalue weighted by Crippen LogP contribution is -1.91. The van der Waals surface area contributed by atoms with Gasteiger partial charge in [-0.15, -0.1) is 0 Å². The van der Waals surface area contributed by atoms with Crippen molar-refractivity contribution >= 4 is 7.37 Å². The summed E-state index contributed by atoms with van der Waals surface area (Å²) in [6.07, 6.45) is 0.532. The first-order chi connectivity index (χ1) is 5.18. The van der Waals surface area contributed by atoms with Gasteiger partial charge in [-0.1, -0.05) is 6.58 Å². The van der Waals surface area contributed by atoms with E-state index in [0.29, 0.717) is 6.61 Å². The van der Waals surface area contributed by atoms with Crippen LogP contribution in [0.1, 0.15) is 13.3 Å². The van der Waals surface area contributed by atoms with E-state index in [-0.39, 0.29) is 12.6 Å². The Hall–Kier alpha value is -0.580. The highest BCUT2D eigenvalue weighted by molar-refractivity contribution is 7.62. The first-order valence-electron chi connectivity index (χ1n) is 3.42. The molecular weight excluding hydrogens is 161 g/mol. The molecule has 4 heteroatoms. The Morgan fingerprint density at radius 2 is 2.45 bits per heavy atom. The molecule has 0 rings (SSSR count). The lowest BCUT2D eigenvalue weighted by atomic mass is 10.6. The van der Waals surface area contributed by atoms with Gasteiger partial charge in [0, 0.05) is 12.6 Å². The van der Waals surface area contributed by atoms with Crippen molar-refractivity contribution in [1.29, 1.82) is 5.26 Å². The quantitative estimate of drug-likeness (QED) is 0.599. The summed E-state index contributed by atoms with van der Waals surface area (Å²) in [5.41, 5.74) is 0. The molecule has 0 aliphatic rings. The standard InChI is InChI=1S/C7H12NO2P/c1-3-10-11(9,4-2)7-5-6-8/h4H,2-3,5,7H2,1H3. The average molecular weight is 173 g/mol. The highest BCUT2D eigenvalue weighted by atomic mass is 31.2. The minimum absolute atomic E-state index is 0.253. The summed E-state index contributed by atoms with van der Waals surface area (Å²) >= 11 is 0. The molecule has 11 heavy (non-hydrogen) atoms. The van der Waals surface area contributed by atoms with Crippen molar-refractivity contribution < 1.29 is 9.09 Å². The van der Waals surface area contributed by atoms with Crippen molar-refractivity contribution in [3.63, 3.8) is 0 Å². The molecular formula is C7H12NO2P. The Morgan fingerprint density at radius 1 is 1.82 bits per heavy atom. The van der Waals surface area contributed by atoms with E-state index in [1.54, 1.807) is 6.92 Å². The molecule has 1 unspecified atom stereocenters. The SMILES string of the molecule is C=CP(=O)(CCC#N)OCC. The highest BCUT2D eigenvalue weighted by Crippen LogP contribution is 2.48. The van der Waals surface area contributed by atoms with Gasteiger partial charge in [-0.3, -0.25) is 4.57 Å². The van der Waals surface area contributed by atoms with Crippen molar-refractivity contribution in [2.75, 3.05) is 12.8 Å². The lowest BCUT2D eigenvalue weighted by molar-refractivity contribution is 0.340. The van der Waals surface area contributed by atoms with Gasteiger partial charge in [0.1, 0.15) is 0 Å². The molecule has 0 aliphatic carbocycles. The maximum absolute atomic E-state index is 11.4. The Kier molecular flexibility index (Phi) is 4.85. The van der Waals surface area contributed by atoms with E-state index in [1.807, 2.05) is 6.07 Å². The summed E-state index contributed by atoms with van der Waals surface area (Å²) in [7, 11) is -2.68. The van der Waals surface area contributed by atoms with Gasteiger partial charge in [-0.25, -0.2) is 0 Å². The number of nitrogens with zero attached hydrogens (tertiary/aromatic N) is 1. The van der Waals surface area contributed by atoms with Crippen molar-refractivity contribution in [1.82, 2.24) is 0 Å². The van der Waals surface area contributed by atoms with Gasteiger partial charge in [-0.05, 0) is 12.7 Å². The summed E-state index contributed by atoms with van der Waals surface area (Å²) in [5.74, 6) is 1.31. The summed E-state index contributed by atoms with van der Waals surface area (Å²) in [6, 6.07) is 1.92. The molecule has 0 bridgehead atoms. The van der Waals surface area contributed by atoms with E-state index in [4.69, 9.17) is 9.79 Å². The van der Waals surface area contributed by atoms with Crippen molar-refractivity contribution in [3.05, 3.63) is 12.4 Å². The van der Waals surface area contributed by atoms with Gasteiger partial charge in [-0.2, -0.15) is 5.26 Å². The van der Waals surface area contributed by atoms with E-state index in [9.17, 15) is 4.57 Å². The molecule has 0 amide bonds. The van der Waals surface area contributed by atoms with E-state index < -0.39 is 7.37 Å². The monoisotopic (exact) mass is 173 g/mol. The summed E-state index contributed by atoms with van der Waals surface area (Å²) in [4.78, 5) is 0. The Bertz CT molecular complexity index is 207. The van der Waals surface area contributed by atoms with Gasteiger partial charge >= 0.3 is 0 Å². The zero-order valence-corrected chi connectivity index (χ0v) is 7.51. The third-order valence-corrected chi connectivity index (χ3v) is 3.26. The second kappa shape index (κ2) is 5.12. The topological polar surface area (TPSA) is 50.1 Å². The smallest absolute Gasteiger partial charge is 0.225 e. The van der Waals surface area contributed by atoms with Crippen molar-refractivity contribution in [2.45, 2.75) is 13.3 Å². The fraction of sp³-hybridized carbons (Fsp3) is 0.571. The van der Waals surface area contributed by atoms with Crippen LogP contribution in [0.2, 0.25) is 0 Å². The molecule has 0 aliphatic heterocycles. The molecule has 0 fully saturated rings. The van der Waals surface area contributed by atoms with Crippen LogP contribution in [0.25, 0.3) is 0 Å². The Labute approximate surface area is 67.1 Å². The average Bonchev–Trinajstić information content (AvgIpc) is 2.02. The van der Waals surface area contributed by atoms with Crippen LogP contribution >= 0.6 is 7.37 Å². The van der Waals surface area contributed by atoms with Crippen LogP contribution in [-0.2, 0) is 9.09 Å². The zero-order valence-electron chi connectivity index (χ0n) is 6.62. The van der Waals surface area contributed by atoms with E-state index in [0.717, 1.165) is 0 Å². The third kappa shape index (κ3) is 3.98. The molecule has 0 aromatic rings. The van der Waals surface area contributed by atoms with Gasteiger partial charge < -0.3 is 4.52 Å². The molecule has 62 valence electrons. The summed E-state index contributed by atoms with van der Waals surface area (Å²) < 4.78 is 16.4. The fourth-order valence-electron chi connectivity index (χ4n) is 0.633. The molecule has 0 N–H and O–H groups in total. The lowest BCUT2D eigenvalue weighted by Gasteiger charge is -2.10. The third-order valence-electron chi connectivity index (χ3n) is 1.16. The first-order valence-corrected chi connectivity index (χ1v) is 5.30. The van der Waals surface area contributed by atoms with Crippen LogP contribution in [0.15, 0.2) is 12.4 Å².